The van der Waals surface area contributed by atoms with Crippen molar-refractivity contribution < 1.29 is 51.4 Å². The minimum Gasteiger partial charge on any atom is -0.467 e. The Hall–Kier alpha value is -5.92. The quantitative estimate of drug-likeness (QED) is 0.0872. The van der Waals surface area contributed by atoms with Crippen molar-refractivity contribution in [3.63, 3.8) is 0 Å². The maximum atomic E-state index is 13.2. The molecule has 0 radical (unpaired) electrons. The molecule has 1 heterocycles. The van der Waals surface area contributed by atoms with E-state index < -0.39 is 65.8 Å². The molecular weight excluding hydrogens is 815 g/mol. The van der Waals surface area contributed by atoms with Gasteiger partial charge in [-0.05, 0) is 108 Å². The summed E-state index contributed by atoms with van der Waals surface area (Å²) in [7, 11) is 1.13. The number of amides is 4. The number of ether oxygens (including phenoxy) is 3. The van der Waals surface area contributed by atoms with Crippen LogP contribution in [0.3, 0.4) is 0 Å². The van der Waals surface area contributed by atoms with E-state index in [4.69, 9.17) is 25.8 Å². The van der Waals surface area contributed by atoms with Crippen LogP contribution in [-0.4, -0.2) is 94.9 Å². The Morgan fingerprint density at radius 1 is 0.883 bits per heavy atom. The summed E-state index contributed by atoms with van der Waals surface area (Å²) >= 11 is 6.04. The van der Waals surface area contributed by atoms with Crippen molar-refractivity contribution in [1.82, 2.24) is 36.2 Å². The van der Waals surface area contributed by atoms with Gasteiger partial charge in [-0.1, -0.05) is 23.7 Å². The van der Waals surface area contributed by atoms with Gasteiger partial charge in [0.05, 0.1) is 12.6 Å². The number of carbonyl (C=O) groups excluding carboxylic acids is 5. The van der Waals surface area contributed by atoms with Crippen LogP contribution in [-0.2, 0) is 29.4 Å². The van der Waals surface area contributed by atoms with Crippen LogP contribution in [0.1, 0.15) is 81.6 Å². The van der Waals surface area contributed by atoms with Gasteiger partial charge in [0.25, 0.3) is 5.91 Å². The average molecular weight is 862 g/mol. The van der Waals surface area contributed by atoms with Crippen LogP contribution in [0.5, 0.6) is 6.01 Å². The number of benzene rings is 2. The summed E-state index contributed by atoms with van der Waals surface area (Å²) in [4.78, 5) is 75.5. The van der Waals surface area contributed by atoms with E-state index in [1.54, 1.807) is 32.9 Å². The van der Waals surface area contributed by atoms with Gasteiger partial charge in [0, 0.05) is 34.9 Å². The van der Waals surface area contributed by atoms with E-state index in [1.807, 2.05) is 12.1 Å². The summed E-state index contributed by atoms with van der Waals surface area (Å²) in [5.41, 5.74) is 0.125. The van der Waals surface area contributed by atoms with Gasteiger partial charge < -0.3 is 46.1 Å². The van der Waals surface area contributed by atoms with Crippen LogP contribution >= 0.6 is 11.6 Å². The van der Waals surface area contributed by atoms with Crippen LogP contribution in [0.2, 0.25) is 5.02 Å². The molecule has 21 heteroatoms. The topological polar surface area (TPSA) is 224 Å². The van der Waals surface area contributed by atoms with E-state index in [-0.39, 0.29) is 42.5 Å². The predicted octanol–water partition coefficient (Wildman–Crippen LogP) is 5.04. The molecule has 3 aromatic rings. The second kappa shape index (κ2) is 19.4. The fourth-order valence-corrected chi connectivity index (χ4v) is 6.45. The van der Waals surface area contributed by atoms with Crippen molar-refractivity contribution >= 4 is 59.0 Å². The van der Waals surface area contributed by atoms with Crippen LogP contribution in [0.25, 0.3) is 0 Å². The normalized spacial score (nSPS) is 17.5. The number of esters is 1. The number of methoxy groups -OCH3 is 1. The van der Waals surface area contributed by atoms with E-state index in [9.17, 15) is 37.1 Å². The molecule has 60 heavy (non-hydrogen) atoms. The number of hydrogen-bond acceptors (Lipinski definition) is 13. The molecule has 6 N–H and O–H groups in total. The molecule has 2 aliphatic rings. The molecule has 5 rings (SSSR count). The Labute approximate surface area is 348 Å². The van der Waals surface area contributed by atoms with Crippen molar-refractivity contribution in [2.24, 2.45) is 0 Å². The monoisotopic (exact) mass is 861 g/mol. The highest BCUT2D eigenvalue weighted by Gasteiger charge is 2.45. The molecule has 2 aliphatic carbocycles. The molecule has 324 valence electrons. The third-order valence-electron chi connectivity index (χ3n) is 9.33. The molecular formula is C39H47ClF3N9O8. The summed E-state index contributed by atoms with van der Waals surface area (Å²) in [5, 5.41) is 17.1. The van der Waals surface area contributed by atoms with E-state index in [1.165, 1.54) is 24.3 Å². The molecule has 2 unspecified atom stereocenters. The fourth-order valence-electron chi connectivity index (χ4n) is 6.33. The predicted molar refractivity (Wildman–Crippen MR) is 212 cm³/mol. The molecule has 0 bridgehead atoms. The summed E-state index contributed by atoms with van der Waals surface area (Å²) in [6.45, 7) is 3.46. The lowest BCUT2D eigenvalue weighted by atomic mass is 9.91. The number of alkyl carbamates (subject to hydrolysis) is 1. The van der Waals surface area contributed by atoms with Crippen LogP contribution < -0.4 is 36.6 Å². The molecule has 3 atom stereocenters. The maximum absolute atomic E-state index is 13.2. The number of alkyl halides is 3. The number of carbonyl (C=O) groups is 5. The Morgan fingerprint density at radius 2 is 1.53 bits per heavy atom. The summed E-state index contributed by atoms with van der Waals surface area (Å²) in [5.74, 6) is -3.47. The van der Waals surface area contributed by atoms with E-state index in [0.717, 1.165) is 12.7 Å². The second-order valence-corrected chi connectivity index (χ2v) is 15.8. The lowest BCUT2D eigenvalue weighted by Crippen LogP contribution is -2.50. The number of halogens is 4. The van der Waals surface area contributed by atoms with E-state index in [0.29, 0.717) is 49.2 Å². The van der Waals surface area contributed by atoms with Gasteiger partial charge in [-0.15, -0.1) is 0 Å². The van der Waals surface area contributed by atoms with Gasteiger partial charge in [0.1, 0.15) is 11.6 Å². The minimum absolute atomic E-state index is 0.0363. The number of nitrogens with zero attached hydrogens (tertiary/aromatic N) is 3. The average Bonchev–Trinajstić information content (AvgIpc) is 3.96. The number of nitrogens with one attached hydrogen (secondary N) is 6. The first-order valence-corrected chi connectivity index (χ1v) is 19.5. The molecule has 0 saturated heterocycles. The van der Waals surface area contributed by atoms with Crippen molar-refractivity contribution in [1.29, 1.82) is 0 Å². The first-order valence-electron chi connectivity index (χ1n) is 19.1. The third kappa shape index (κ3) is 13.8. The first-order chi connectivity index (χ1) is 28.3. The number of anilines is 3. The minimum atomic E-state index is -4.65. The van der Waals surface area contributed by atoms with Crippen molar-refractivity contribution in [2.45, 2.75) is 101 Å². The van der Waals surface area contributed by atoms with Crippen LogP contribution in [0, 0.1) is 0 Å². The Bertz CT molecular complexity index is 2010. The molecule has 2 aromatic carbocycles. The number of rotatable bonds is 15. The van der Waals surface area contributed by atoms with E-state index in [2.05, 4.69) is 46.9 Å². The van der Waals surface area contributed by atoms with Crippen LogP contribution in [0.15, 0.2) is 48.5 Å². The van der Waals surface area contributed by atoms with Gasteiger partial charge in [-0.2, -0.15) is 28.1 Å². The zero-order chi connectivity index (χ0) is 43.7. The SMILES string of the molecule is COC(=O)[C@H](CCNC(=O)C(=O)NC1CCCC(NC(=O)OC(C)(C)C)C1)NC(=O)c1ccc(Nc2nc(NC3(c4ccc(Cl)cc4)CC3)nc(OCC(F)(F)F)n2)cc1. The zero-order valence-corrected chi connectivity index (χ0v) is 34.1. The second-order valence-electron chi connectivity index (χ2n) is 15.4. The number of aromatic nitrogens is 3. The number of hydrogen-bond donors (Lipinski definition) is 6. The highest BCUT2D eigenvalue weighted by atomic mass is 35.5. The van der Waals surface area contributed by atoms with Crippen molar-refractivity contribution in [2.75, 3.05) is 30.9 Å². The maximum Gasteiger partial charge on any atom is 0.422 e. The lowest BCUT2D eigenvalue weighted by molar-refractivity contribution is -0.154. The molecule has 2 fully saturated rings. The smallest absolute Gasteiger partial charge is 0.422 e. The Balaban J connectivity index is 1.14. The largest absolute Gasteiger partial charge is 0.467 e. The van der Waals surface area contributed by atoms with Crippen LogP contribution in [0.4, 0.5) is 35.5 Å². The van der Waals surface area contributed by atoms with Gasteiger partial charge in [-0.25, -0.2) is 9.59 Å². The first kappa shape index (κ1) is 45.2. The third-order valence-corrected chi connectivity index (χ3v) is 9.58. The molecule has 17 nitrogen and oxygen atoms in total. The highest BCUT2D eigenvalue weighted by molar-refractivity contribution is 6.35. The fraction of sp³-hybridized carbons (Fsp3) is 0.487. The summed E-state index contributed by atoms with van der Waals surface area (Å²) in [6, 6.07) is 10.5. The Kier molecular flexibility index (Phi) is 14.6. The lowest BCUT2D eigenvalue weighted by Gasteiger charge is -2.31. The van der Waals surface area contributed by atoms with E-state index >= 15 is 0 Å². The molecule has 0 aliphatic heterocycles. The highest BCUT2D eigenvalue weighted by Crippen LogP contribution is 2.48. The van der Waals surface area contributed by atoms with Crippen molar-refractivity contribution in [3.8, 4) is 6.01 Å². The zero-order valence-electron chi connectivity index (χ0n) is 33.3. The summed E-state index contributed by atoms with van der Waals surface area (Å²) in [6.07, 6.45) is -1.49. The van der Waals surface area contributed by atoms with Gasteiger partial charge in [-0.3, -0.25) is 14.4 Å². The van der Waals surface area contributed by atoms with Gasteiger partial charge in [0.15, 0.2) is 6.61 Å². The Morgan fingerprint density at radius 3 is 2.15 bits per heavy atom. The summed E-state index contributed by atoms with van der Waals surface area (Å²) < 4.78 is 53.9. The van der Waals surface area contributed by atoms with Gasteiger partial charge in [0.2, 0.25) is 11.9 Å². The standard InChI is InChI=1S/C39H47ClF3N9O8/c1-37(2,3)60-36(57)47-27-7-5-6-26(20-27)45-31(55)30(54)44-19-16-28(32(56)58-4)48-29(53)22-8-14-25(15-9-22)46-33-49-34(51-35(50-33)59-21-39(41,42)43)52-38(17-18-38)23-10-12-24(40)13-11-23/h8-15,26-28H,5-7,16-21H2,1-4H3,(H,44,54)(H,45,55)(H,47,57)(H,48,53)(H2,46,49,50,51,52)/t26?,27?,28-/m0/s1. The van der Waals surface area contributed by atoms with Crippen molar-refractivity contribution in [3.05, 3.63) is 64.7 Å². The molecule has 4 amide bonds. The van der Waals surface area contributed by atoms with Gasteiger partial charge >= 0.3 is 36.1 Å². The molecule has 0 spiro atoms. The molecule has 1 aromatic heterocycles. The molecule has 2 saturated carbocycles.